The van der Waals surface area contributed by atoms with E-state index in [0.29, 0.717) is 6.42 Å². The highest BCUT2D eigenvalue weighted by atomic mass is 35.5. The van der Waals surface area contributed by atoms with Crippen LogP contribution < -0.4 is 0 Å². The molecule has 0 unspecified atom stereocenters. The highest BCUT2D eigenvalue weighted by Gasteiger charge is 2.13. The van der Waals surface area contributed by atoms with Crippen LogP contribution >= 0.6 is 11.6 Å². The molecule has 0 saturated heterocycles. The molecule has 0 spiro atoms. The fraction of sp³-hybridized carbons (Fsp3) is 0.182. The lowest BCUT2D eigenvalue weighted by atomic mass is 10.1. The molecule has 0 saturated carbocycles. The monoisotopic (exact) mass is 192 g/mol. The van der Waals surface area contributed by atoms with Crippen LogP contribution in [0, 0.1) is 0 Å². The molecule has 1 aromatic rings. The maximum absolute atomic E-state index is 10.7. The molecule has 0 amide bonds. The van der Waals surface area contributed by atoms with Gasteiger partial charge in [-0.1, -0.05) is 35.9 Å². The largest absolute Gasteiger partial charge is 0.281 e. The predicted octanol–water partition coefficient (Wildman–Crippen LogP) is 2.78. The van der Waals surface area contributed by atoms with E-state index in [-0.39, 0.29) is 5.24 Å². The molecular weight excluding hydrogens is 184 g/mol. The van der Waals surface area contributed by atoms with Crippen LogP contribution in [0.4, 0.5) is 0 Å². The number of hydrogen-bond acceptors (Lipinski definition) is 1. The Morgan fingerprint density at radius 1 is 1.38 bits per heavy atom. The summed E-state index contributed by atoms with van der Waals surface area (Å²) in [6.45, 7) is 0. The first-order chi connectivity index (χ1) is 6.25. The van der Waals surface area contributed by atoms with Gasteiger partial charge in [0.25, 0.3) is 0 Å². The molecule has 0 aliphatic heterocycles. The summed E-state index contributed by atoms with van der Waals surface area (Å²) >= 11 is 5.32. The Hall–Kier alpha value is -1.08. The van der Waals surface area contributed by atoms with Gasteiger partial charge >= 0.3 is 0 Å². The van der Waals surface area contributed by atoms with Crippen molar-refractivity contribution >= 4 is 22.9 Å². The molecule has 0 N–H and O–H groups in total. The van der Waals surface area contributed by atoms with Crippen LogP contribution in [-0.4, -0.2) is 5.24 Å². The van der Waals surface area contributed by atoms with Crippen molar-refractivity contribution in [3.8, 4) is 0 Å². The minimum Gasteiger partial charge on any atom is -0.281 e. The van der Waals surface area contributed by atoms with Crippen molar-refractivity contribution in [2.24, 2.45) is 0 Å². The SMILES string of the molecule is O=C(Cl)CC1=Cc2ccccc2C1. The Morgan fingerprint density at radius 3 is 2.85 bits per heavy atom. The second kappa shape index (κ2) is 3.35. The topological polar surface area (TPSA) is 17.1 Å². The van der Waals surface area contributed by atoms with E-state index >= 15 is 0 Å². The average Bonchev–Trinajstić information content (AvgIpc) is 2.44. The number of benzene rings is 1. The fourth-order valence-electron chi connectivity index (χ4n) is 1.64. The predicted molar refractivity (Wildman–Crippen MR) is 53.6 cm³/mol. The standard InChI is InChI=1S/C11H9ClO/c12-11(13)7-8-5-9-3-1-2-4-10(9)6-8/h1-5H,6-7H2. The molecule has 66 valence electrons. The van der Waals surface area contributed by atoms with Crippen molar-refractivity contribution < 1.29 is 4.79 Å². The van der Waals surface area contributed by atoms with E-state index in [9.17, 15) is 4.79 Å². The summed E-state index contributed by atoms with van der Waals surface area (Å²) in [6.07, 6.45) is 3.29. The van der Waals surface area contributed by atoms with Crippen molar-refractivity contribution in [1.82, 2.24) is 0 Å². The first-order valence-electron chi connectivity index (χ1n) is 4.21. The molecule has 0 radical (unpaired) electrons. The lowest BCUT2D eigenvalue weighted by Crippen LogP contribution is -1.90. The second-order valence-electron chi connectivity index (χ2n) is 3.21. The number of rotatable bonds is 2. The summed E-state index contributed by atoms with van der Waals surface area (Å²) in [5.74, 6) is 0. The van der Waals surface area contributed by atoms with Gasteiger partial charge in [-0.25, -0.2) is 0 Å². The van der Waals surface area contributed by atoms with Crippen LogP contribution in [0.25, 0.3) is 6.08 Å². The molecule has 0 heterocycles. The minimum absolute atomic E-state index is 0.279. The summed E-state index contributed by atoms with van der Waals surface area (Å²) in [7, 11) is 0. The minimum atomic E-state index is -0.279. The van der Waals surface area contributed by atoms with Gasteiger partial charge < -0.3 is 0 Å². The molecule has 2 heteroatoms. The van der Waals surface area contributed by atoms with Gasteiger partial charge in [0.15, 0.2) is 0 Å². The van der Waals surface area contributed by atoms with Gasteiger partial charge in [-0.3, -0.25) is 4.79 Å². The maximum atomic E-state index is 10.7. The summed E-state index contributed by atoms with van der Waals surface area (Å²) < 4.78 is 0. The Labute approximate surface area is 82.0 Å². The lowest BCUT2D eigenvalue weighted by molar-refractivity contribution is -0.111. The number of fused-ring (bicyclic) bond motifs is 1. The summed E-state index contributed by atoms with van der Waals surface area (Å²) in [4.78, 5) is 10.7. The van der Waals surface area contributed by atoms with Crippen molar-refractivity contribution in [3.05, 3.63) is 41.0 Å². The van der Waals surface area contributed by atoms with E-state index in [4.69, 9.17) is 11.6 Å². The number of carbonyl (C=O) groups is 1. The van der Waals surface area contributed by atoms with Crippen molar-refractivity contribution in [3.63, 3.8) is 0 Å². The quantitative estimate of drug-likeness (QED) is 0.659. The zero-order valence-electron chi connectivity index (χ0n) is 7.09. The molecule has 0 bridgehead atoms. The highest BCUT2D eigenvalue weighted by molar-refractivity contribution is 6.63. The molecule has 1 aliphatic rings. The van der Waals surface area contributed by atoms with Crippen molar-refractivity contribution in [2.75, 3.05) is 0 Å². The number of carbonyl (C=O) groups excluding carboxylic acids is 1. The summed E-state index contributed by atoms with van der Waals surface area (Å²) in [6, 6.07) is 8.15. The third kappa shape index (κ3) is 1.81. The Morgan fingerprint density at radius 2 is 2.15 bits per heavy atom. The average molecular weight is 193 g/mol. The van der Waals surface area contributed by atoms with Crippen LogP contribution in [0.2, 0.25) is 0 Å². The van der Waals surface area contributed by atoms with Crippen LogP contribution in [0.1, 0.15) is 17.5 Å². The molecule has 13 heavy (non-hydrogen) atoms. The van der Waals surface area contributed by atoms with E-state index < -0.39 is 0 Å². The van der Waals surface area contributed by atoms with Gasteiger partial charge in [0, 0.05) is 6.42 Å². The Bertz CT molecular complexity index is 379. The van der Waals surface area contributed by atoms with Gasteiger partial charge in [-0.2, -0.15) is 0 Å². The van der Waals surface area contributed by atoms with Crippen LogP contribution in [-0.2, 0) is 11.2 Å². The third-order valence-electron chi connectivity index (χ3n) is 2.20. The molecule has 1 nitrogen and oxygen atoms in total. The normalized spacial score (nSPS) is 13.8. The number of halogens is 1. The number of hydrogen-bond donors (Lipinski definition) is 0. The smallest absolute Gasteiger partial charge is 0.225 e. The molecule has 0 atom stereocenters. The van der Waals surface area contributed by atoms with E-state index in [1.165, 1.54) is 11.1 Å². The third-order valence-corrected chi connectivity index (χ3v) is 2.33. The lowest BCUT2D eigenvalue weighted by Gasteiger charge is -1.96. The van der Waals surface area contributed by atoms with Gasteiger partial charge in [0.05, 0.1) is 0 Å². The summed E-state index contributed by atoms with van der Waals surface area (Å²) in [5.41, 5.74) is 3.62. The van der Waals surface area contributed by atoms with E-state index in [0.717, 1.165) is 12.0 Å². The number of allylic oxidation sites excluding steroid dienone is 1. The van der Waals surface area contributed by atoms with Gasteiger partial charge in [-0.15, -0.1) is 0 Å². The van der Waals surface area contributed by atoms with Crippen molar-refractivity contribution in [2.45, 2.75) is 12.8 Å². The Balaban J connectivity index is 2.21. The van der Waals surface area contributed by atoms with Gasteiger partial charge in [0.2, 0.25) is 5.24 Å². The molecular formula is C11H9ClO. The molecule has 0 fully saturated rings. The first-order valence-corrected chi connectivity index (χ1v) is 4.59. The van der Waals surface area contributed by atoms with Crippen LogP contribution in [0.15, 0.2) is 29.8 Å². The van der Waals surface area contributed by atoms with E-state index in [2.05, 4.69) is 18.2 Å². The van der Waals surface area contributed by atoms with E-state index in [1.807, 2.05) is 12.1 Å². The second-order valence-corrected chi connectivity index (χ2v) is 3.63. The molecule has 0 aromatic heterocycles. The summed E-state index contributed by atoms with van der Waals surface area (Å²) in [5, 5.41) is -0.279. The molecule has 1 aliphatic carbocycles. The first kappa shape index (κ1) is 8.52. The van der Waals surface area contributed by atoms with Crippen LogP contribution in [0.5, 0.6) is 0 Å². The molecule has 2 rings (SSSR count). The van der Waals surface area contributed by atoms with Crippen molar-refractivity contribution in [1.29, 1.82) is 0 Å². The van der Waals surface area contributed by atoms with E-state index in [1.54, 1.807) is 0 Å². The fourth-order valence-corrected chi connectivity index (χ4v) is 1.82. The maximum Gasteiger partial charge on any atom is 0.225 e. The zero-order chi connectivity index (χ0) is 9.26. The van der Waals surface area contributed by atoms with Gasteiger partial charge in [-0.05, 0) is 29.1 Å². The van der Waals surface area contributed by atoms with Crippen LogP contribution in [0.3, 0.4) is 0 Å². The van der Waals surface area contributed by atoms with Gasteiger partial charge in [0.1, 0.15) is 0 Å². The Kier molecular flexibility index (Phi) is 2.19. The zero-order valence-corrected chi connectivity index (χ0v) is 7.84. The highest BCUT2D eigenvalue weighted by Crippen LogP contribution is 2.26. The molecule has 1 aromatic carbocycles.